The number of ether oxygens (including phenoxy) is 1. The molecule has 7 aromatic rings. The van der Waals surface area contributed by atoms with E-state index in [0.29, 0.717) is 6.04 Å². The van der Waals surface area contributed by atoms with Crippen LogP contribution in [0.25, 0.3) is 44.4 Å². The first-order valence-corrected chi connectivity index (χ1v) is 15.0. The van der Waals surface area contributed by atoms with E-state index in [4.69, 9.17) is 16.2 Å². The Morgan fingerprint density at radius 3 is 2.39 bits per heavy atom. The maximum absolute atomic E-state index is 8.30. The van der Waals surface area contributed by atoms with Crippen LogP contribution < -0.4 is 4.74 Å². The van der Waals surface area contributed by atoms with Gasteiger partial charge in [-0.05, 0) is 79.3 Å². The standard InChI is InChI=1S/C39H36N4O/c1-26-38(29-12-7-6-8-13-29)27(2)43(41-26)30-14-11-15-31(23-30)44-32-18-19-34-33-16-9-10-17-35(33)42(36(34)24-32)37-22-28(20-21-40-37)25-39(3,4)5/h6-24H,25H2,1-5H3/i9D. The van der Waals surface area contributed by atoms with Crippen molar-refractivity contribution < 1.29 is 6.11 Å². The van der Waals surface area contributed by atoms with E-state index in [1.54, 1.807) is 0 Å². The molecule has 0 atom stereocenters. The second-order valence-electron chi connectivity index (χ2n) is 12.6. The van der Waals surface area contributed by atoms with Crippen molar-refractivity contribution >= 4 is 21.8 Å². The highest BCUT2D eigenvalue weighted by Gasteiger charge is 2.18. The first-order valence-electron chi connectivity index (χ1n) is 15.5. The van der Waals surface area contributed by atoms with E-state index in [-0.39, 0.29) is 5.41 Å². The maximum atomic E-state index is 8.30. The zero-order valence-electron chi connectivity index (χ0n) is 26.8. The molecule has 0 fully saturated rings. The van der Waals surface area contributed by atoms with Gasteiger partial charge in [-0.3, -0.25) is 4.57 Å². The summed E-state index contributed by atoms with van der Waals surface area (Å²) in [5.41, 5.74) is 8.70. The minimum atomic E-state index is 0.158. The molecule has 0 aliphatic heterocycles. The first kappa shape index (κ1) is 26.5. The third kappa shape index (κ3) is 5.15. The quantitative estimate of drug-likeness (QED) is 0.198. The SMILES string of the molecule is [2H]c1ccc2c(c1)c1ccc(Oc3cccc(-n4nc(C)c(-c5ccccc5)c4C)c3)cc1n2-c1cc(CC(C)(C)C)ccn1. The van der Waals surface area contributed by atoms with E-state index in [9.17, 15) is 0 Å². The number of pyridine rings is 1. The highest BCUT2D eigenvalue weighted by atomic mass is 16.5. The zero-order valence-corrected chi connectivity index (χ0v) is 25.8. The summed E-state index contributed by atoms with van der Waals surface area (Å²) in [5, 5.41) is 6.96. The largest absolute Gasteiger partial charge is 0.457 e. The van der Waals surface area contributed by atoms with Crippen LogP contribution in [-0.2, 0) is 6.42 Å². The van der Waals surface area contributed by atoms with Gasteiger partial charge in [0.2, 0.25) is 0 Å². The molecule has 0 radical (unpaired) electrons. The van der Waals surface area contributed by atoms with Gasteiger partial charge in [-0.15, -0.1) is 0 Å². The van der Waals surface area contributed by atoms with Crippen LogP contribution >= 0.6 is 0 Å². The van der Waals surface area contributed by atoms with Crippen LogP contribution in [0, 0.1) is 19.3 Å². The van der Waals surface area contributed by atoms with E-state index in [1.807, 2.05) is 59.4 Å². The summed E-state index contributed by atoms with van der Waals surface area (Å²) in [4.78, 5) is 4.80. The van der Waals surface area contributed by atoms with Crippen molar-refractivity contribution in [2.75, 3.05) is 0 Å². The van der Waals surface area contributed by atoms with Crippen molar-refractivity contribution in [2.24, 2.45) is 5.41 Å². The van der Waals surface area contributed by atoms with Gasteiger partial charge in [-0.1, -0.05) is 75.3 Å². The van der Waals surface area contributed by atoms with Crippen LogP contribution in [0.5, 0.6) is 11.5 Å². The van der Waals surface area contributed by atoms with Crippen molar-refractivity contribution in [2.45, 2.75) is 41.0 Å². The number of hydrogen-bond donors (Lipinski definition) is 0. The van der Waals surface area contributed by atoms with Crippen LogP contribution in [0.2, 0.25) is 0 Å². The molecular formula is C39H36N4O. The summed E-state index contributed by atoms with van der Waals surface area (Å²) in [6.45, 7) is 10.9. The Kier molecular flexibility index (Phi) is 6.52. The Bertz CT molecular complexity index is 2190. The molecule has 7 rings (SSSR count). The van der Waals surface area contributed by atoms with Gasteiger partial charge >= 0.3 is 0 Å². The van der Waals surface area contributed by atoms with Crippen molar-refractivity contribution in [3.63, 3.8) is 0 Å². The predicted octanol–water partition coefficient (Wildman–Crippen LogP) is 10.0. The molecule has 0 spiro atoms. The Hall–Kier alpha value is -5.16. The molecule has 44 heavy (non-hydrogen) atoms. The monoisotopic (exact) mass is 577 g/mol. The lowest BCUT2D eigenvalue weighted by Crippen LogP contribution is -2.10. The van der Waals surface area contributed by atoms with Crippen LogP contribution in [0.4, 0.5) is 0 Å². The summed E-state index contributed by atoms with van der Waals surface area (Å²) in [7, 11) is 0. The maximum Gasteiger partial charge on any atom is 0.137 e. The molecule has 5 nitrogen and oxygen atoms in total. The van der Waals surface area contributed by atoms with Gasteiger partial charge in [0.1, 0.15) is 17.3 Å². The lowest BCUT2D eigenvalue weighted by atomic mass is 9.88. The zero-order chi connectivity index (χ0) is 31.3. The molecule has 3 aromatic heterocycles. The van der Waals surface area contributed by atoms with E-state index in [1.165, 1.54) is 5.56 Å². The average molecular weight is 578 g/mol. The van der Waals surface area contributed by atoms with Crippen LogP contribution in [0.15, 0.2) is 115 Å². The summed E-state index contributed by atoms with van der Waals surface area (Å²) < 4.78 is 19.0. The highest BCUT2D eigenvalue weighted by molar-refractivity contribution is 6.09. The summed E-state index contributed by atoms with van der Waals surface area (Å²) >= 11 is 0. The number of aryl methyl sites for hydroxylation is 1. The second-order valence-corrected chi connectivity index (χ2v) is 12.6. The van der Waals surface area contributed by atoms with E-state index in [2.05, 4.69) is 93.8 Å². The molecule has 0 N–H and O–H groups in total. The van der Waals surface area contributed by atoms with Crippen LogP contribution in [-0.4, -0.2) is 19.3 Å². The highest BCUT2D eigenvalue weighted by Crippen LogP contribution is 2.36. The van der Waals surface area contributed by atoms with Crippen LogP contribution in [0.3, 0.4) is 0 Å². The van der Waals surface area contributed by atoms with Crippen molar-refractivity contribution in [3.8, 4) is 34.1 Å². The Morgan fingerprint density at radius 1 is 0.773 bits per heavy atom. The summed E-state index contributed by atoms with van der Waals surface area (Å²) in [6.07, 6.45) is 2.84. The topological polar surface area (TPSA) is 44.9 Å². The van der Waals surface area contributed by atoms with Gasteiger partial charge in [0, 0.05) is 40.4 Å². The fourth-order valence-electron chi connectivity index (χ4n) is 6.23. The van der Waals surface area contributed by atoms with Gasteiger partial charge < -0.3 is 4.74 Å². The van der Waals surface area contributed by atoms with E-state index < -0.39 is 0 Å². The number of rotatable bonds is 6. The minimum Gasteiger partial charge on any atom is -0.457 e. The smallest absolute Gasteiger partial charge is 0.137 e. The summed E-state index contributed by atoms with van der Waals surface area (Å²) in [6, 6.07) is 35.1. The molecule has 0 bridgehead atoms. The van der Waals surface area contributed by atoms with Gasteiger partial charge in [0.15, 0.2) is 0 Å². The third-order valence-electron chi connectivity index (χ3n) is 8.01. The second kappa shape index (κ2) is 10.8. The molecule has 0 amide bonds. The molecule has 5 heteroatoms. The van der Waals surface area contributed by atoms with E-state index in [0.717, 1.165) is 73.7 Å². The number of para-hydroxylation sites is 1. The summed E-state index contributed by atoms with van der Waals surface area (Å²) in [5.74, 6) is 2.30. The van der Waals surface area contributed by atoms with Crippen molar-refractivity contribution in [1.29, 1.82) is 0 Å². The van der Waals surface area contributed by atoms with Gasteiger partial charge in [-0.2, -0.15) is 5.10 Å². The molecule has 0 unspecified atom stereocenters. The lowest BCUT2D eigenvalue weighted by Gasteiger charge is -2.18. The molecule has 0 aliphatic rings. The Labute approximate surface area is 259 Å². The number of fused-ring (bicyclic) bond motifs is 3. The fourth-order valence-corrected chi connectivity index (χ4v) is 6.23. The molecule has 218 valence electrons. The fraction of sp³-hybridized carbons (Fsp3) is 0.179. The van der Waals surface area contributed by atoms with Gasteiger partial charge in [0.05, 0.1) is 23.8 Å². The lowest BCUT2D eigenvalue weighted by molar-refractivity contribution is 0.411. The third-order valence-corrected chi connectivity index (χ3v) is 8.01. The van der Waals surface area contributed by atoms with Gasteiger partial charge in [0.25, 0.3) is 0 Å². The molecule has 3 heterocycles. The Morgan fingerprint density at radius 2 is 1.57 bits per heavy atom. The molecular weight excluding hydrogens is 540 g/mol. The Balaban J connectivity index is 1.29. The van der Waals surface area contributed by atoms with Crippen molar-refractivity contribution in [1.82, 2.24) is 19.3 Å². The van der Waals surface area contributed by atoms with Gasteiger partial charge in [-0.25, -0.2) is 9.67 Å². The normalized spacial score (nSPS) is 12.2. The van der Waals surface area contributed by atoms with E-state index >= 15 is 0 Å². The number of benzene rings is 4. The van der Waals surface area contributed by atoms with Crippen LogP contribution in [0.1, 0.15) is 39.1 Å². The minimum absolute atomic E-state index is 0.158. The first-order chi connectivity index (χ1) is 21.6. The molecule has 0 aliphatic carbocycles. The number of hydrogen-bond acceptors (Lipinski definition) is 3. The number of nitrogens with zero attached hydrogens (tertiary/aromatic N) is 4. The van der Waals surface area contributed by atoms with Crippen molar-refractivity contribution in [3.05, 3.63) is 132 Å². The number of aromatic nitrogens is 4. The predicted molar refractivity (Wildman–Crippen MR) is 180 cm³/mol. The molecule has 0 saturated heterocycles. The molecule has 4 aromatic carbocycles. The average Bonchev–Trinajstić information content (AvgIpc) is 3.49. The molecule has 0 saturated carbocycles.